The van der Waals surface area contributed by atoms with Gasteiger partial charge >= 0.3 is 0 Å². The topological polar surface area (TPSA) is 9.23 Å². The summed E-state index contributed by atoms with van der Waals surface area (Å²) in [5.74, 6) is 1.13. The van der Waals surface area contributed by atoms with Gasteiger partial charge in [0.25, 0.3) is 0 Å². The van der Waals surface area contributed by atoms with Crippen LogP contribution < -0.4 is 4.74 Å². The van der Waals surface area contributed by atoms with Gasteiger partial charge in [0.2, 0.25) is 0 Å². The van der Waals surface area contributed by atoms with E-state index < -0.39 is 0 Å². The first kappa shape index (κ1) is 13.6. The van der Waals surface area contributed by atoms with Gasteiger partial charge in [-0.3, -0.25) is 0 Å². The van der Waals surface area contributed by atoms with E-state index in [9.17, 15) is 4.39 Å². The van der Waals surface area contributed by atoms with Crippen LogP contribution in [0.2, 0.25) is 0 Å². The van der Waals surface area contributed by atoms with E-state index >= 15 is 0 Å². The van der Waals surface area contributed by atoms with E-state index in [4.69, 9.17) is 4.74 Å². The molecule has 1 aliphatic carbocycles. The molecule has 0 unspecified atom stereocenters. The number of fused-ring (bicyclic) bond motifs is 1. The molecule has 1 nitrogen and oxygen atoms in total. The van der Waals surface area contributed by atoms with Crippen LogP contribution in [0.4, 0.5) is 4.39 Å². The van der Waals surface area contributed by atoms with Crippen LogP contribution in [0.1, 0.15) is 29.5 Å². The van der Waals surface area contributed by atoms with Gasteiger partial charge in [0.05, 0.1) is 0 Å². The molecule has 0 saturated heterocycles. The maximum atomic E-state index is 13.7. The van der Waals surface area contributed by atoms with Crippen LogP contribution in [0, 0.1) is 5.82 Å². The highest BCUT2D eigenvalue weighted by Crippen LogP contribution is 2.31. The number of aryl methyl sites for hydroxylation is 2. The average molecular weight is 335 g/mol. The molecule has 104 valence electrons. The first-order chi connectivity index (χ1) is 9.78. The van der Waals surface area contributed by atoms with Crippen LogP contribution in [0.15, 0.2) is 36.4 Å². The lowest BCUT2D eigenvalue weighted by molar-refractivity contribution is 0.469. The molecule has 0 aromatic heterocycles. The number of alkyl halides is 1. The summed E-state index contributed by atoms with van der Waals surface area (Å²) in [6.45, 7) is 0. The molecule has 0 aliphatic heterocycles. The molecule has 0 saturated carbocycles. The molecule has 0 atom stereocenters. The van der Waals surface area contributed by atoms with Crippen molar-refractivity contribution in [3.05, 3.63) is 58.9 Å². The van der Waals surface area contributed by atoms with Crippen LogP contribution in [-0.2, 0) is 18.2 Å². The number of hydrogen-bond acceptors (Lipinski definition) is 1. The lowest BCUT2D eigenvalue weighted by atomic mass is 9.92. The summed E-state index contributed by atoms with van der Waals surface area (Å²) in [5.41, 5.74) is 3.35. The monoisotopic (exact) mass is 334 g/mol. The molecular weight excluding hydrogens is 319 g/mol. The summed E-state index contributed by atoms with van der Waals surface area (Å²) in [6, 6.07) is 11.1. The van der Waals surface area contributed by atoms with Crippen LogP contribution in [0.3, 0.4) is 0 Å². The van der Waals surface area contributed by atoms with Crippen LogP contribution >= 0.6 is 15.9 Å². The lowest BCUT2D eigenvalue weighted by Gasteiger charge is -2.17. The van der Waals surface area contributed by atoms with Crippen LogP contribution in [-0.4, -0.2) is 0 Å². The smallest absolute Gasteiger partial charge is 0.134 e. The van der Waals surface area contributed by atoms with Crippen LogP contribution in [0.25, 0.3) is 0 Å². The number of benzene rings is 2. The predicted octanol–water partition coefficient (Wildman–Crippen LogP) is 5.39. The third-order valence-corrected chi connectivity index (χ3v) is 4.32. The molecule has 1 aliphatic rings. The Morgan fingerprint density at radius 3 is 2.65 bits per heavy atom. The van der Waals surface area contributed by atoms with Gasteiger partial charge in [-0.1, -0.05) is 28.1 Å². The molecule has 0 radical (unpaired) electrons. The van der Waals surface area contributed by atoms with Crippen molar-refractivity contribution in [3.8, 4) is 11.5 Å². The van der Waals surface area contributed by atoms with Gasteiger partial charge in [0, 0.05) is 10.9 Å². The first-order valence-corrected chi connectivity index (χ1v) is 8.03. The molecule has 20 heavy (non-hydrogen) atoms. The normalized spacial score (nSPS) is 13.9. The lowest BCUT2D eigenvalue weighted by Crippen LogP contribution is -2.02. The summed E-state index contributed by atoms with van der Waals surface area (Å²) in [7, 11) is 0. The fraction of sp³-hybridized carbons (Fsp3) is 0.294. The van der Waals surface area contributed by atoms with Crippen molar-refractivity contribution in [2.75, 3.05) is 0 Å². The first-order valence-electron chi connectivity index (χ1n) is 6.91. The van der Waals surface area contributed by atoms with Gasteiger partial charge in [0.15, 0.2) is 0 Å². The fourth-order valence-corrected chi connectivity index (χ4v) is 3.21. The molecule has 0 amide bonds. The van der Waals surface area contributed by atoms with Crippen molar-refractivity contribution in [3.63, 3.8) is 0 Å². The fourth-order valence-electron chi connectivity index (χ4n) is 2.66. The van der Waals surface area contributed by atoms with E-state index in [0.717, 1.165) is 18.6 Å². The van der Waals surface area contributed by atoms with Gasteiger partial charge in [-0.15, -0.1) is 0 Å². The second-order valence-corrected chi connectivity index (χ2v) is 5.65. The highest BCUT2D eigenvalue weighted by Gasteiger charge is 2.12. The highest BCUT2D eigenvalue weighted by molar-refractivity contribution is 9.08. The molecule has 0 N–H and O–H groups in total. The molecule has 2 aromatic carbocycles. The molecule has 0 spiro atoms. The molecule has 0 fully saturated rings. The average Bonchev–Trinajstić information content (AvgIpc) is 2.47. The van der Waals surface area contributed by atoms with Gasteiger partial charge in [-0.25, -0.2) is 4.39 Å². The molecular formula is C17H16BrFO. The second-order valence-electron chi connectivity index (χ2n) is 5.09. The van der Waals surface area contributed by atoms with E-state index in [0.29, 0.717) is 16.6 Å². The maximum Gasteiger partial charge on any atom is 0.134 e. The summed E-state index contributed by atoms with van der Waals surface area (Å²) < 4.78 is 19.6. The van der Waals surface area contributed by atoms with Gasteiger partial charge in [0.1, 0.15) is 17.3 Å². The predicted molar refractivity (Wildman–Crippen MR) is 82.2 cm³/mol. The highest BCUT2D eigenvalue weighted by atomic mass is 79.9. The summed E-state index contributed by atoms with van der Waals surface area (Å²) >= 11 is 3.31. The Hall–Kier alpha value is -1.35. The maximum absolute atomic E-state index is 13.7. The Bertz CT molecular complexity index is 624. The Labute approximate surface area is 126 Å². The molecule has 2 aromatic rings. The SMILES string of the molecule is Fc1cccc(Oc2ccc3c(c2)CCCC3)c1CBr. The number of ether oxygens (including phenoxy) is 1. The van der Waals surface area contributed by atoms with Crippen molar-refractivity contribution in [1.29, 1.82) is 0 Å². The quantitative estimate of drug-likeness (QED) is 0.683. The minimum atomic E-state index is -0.239. The number of rotatable bonds is 3. The minimum Gasteiger partial charge on any atom is -0.457 e. The Morgan fingerprint density at radius 2 is 1.85 bits per heavy atom. The van der Waals surface area contributed by atoms with E-state index in [1.807, 2.05) is 6.07 Å². The number of halogens is 2. The van der Waals surface area contributed by atoms with Crippen LogP contribution in [0.5, 0.6) is 11.5 Å². The summed E-state index contributed by atoms with van der Waals surface area (Å²) in [4.78, 5) is 0. The van der Waals surface area contributed by atoms with Gasteiger partial charge in [-0.2, -0.15) is 0 Å². The zero-order valence-electron chi connectivity index (χ0n) is 11.2. The van der Waals surface area contributed by atoms with Crippen molar-refractivity contribution >= 4 is 15.9 Å². The third kappa shape index (κ3) is 2.73. The Balaban J connectivity index is 1.90. The molecule has 0 heterocycles. The Morgan fingerprint density at radius 1 is 1.05 bits per heavy atom. The van der Waals surface area contributed by atoms with Crippen molar-refractivity contribution in [2.24, 2.45) is 0 Å². The van der Waals surface area contributed by atoms with E-state index in [-0.39, 0.29) is 5.82 Å². The standard InChI is InChI=1S/C17H16BrFO/c18-11-15-16(19)6-3-7-17(15)20-14-9-8-12-4-1-2-5-13(12)10-14/h3,6-10H,1-2,4-5,11H2. The molecule has 3 rings (SSSR count). The van der Waals surface area contributed by atoms with Crippen molar-refractivity contribution < 1.29 is 9.13 Å². The van der Waals surface area contributed by atoms with Gasteiger partial charge < -0.3 is 4.74 Å². The number of hydrogen-bond donors (Lipinski definition) is 0. The van der Waals surface area contributed by atoms with E-state index in [1.54, 1.807) is 12.1 Å². The third-order valence-electron chi connectivity index (χ3n) is 3.76. The second kappa shape index (κ2) is 5.96. The van der Waals surface area contributed by atoms with Gasteiger partial charge in [-0.05, 0) is 61.1 Å². The Kier molecular flexibility index (Phi) is 4.06. The largest absolute Gasteiger partial charge is 0.457 e. The molecule has 0 bridgehead atoms. The zero-order valence-corrected chi connectivity index (χ0v) is 12.7. The van der Waals surface area contributed by atoms with E-state index in [2.05, 4.69) is 28.1 Å². The molecule has 3 heteroatoms. The van der Waals surface area contributed by atoms with Crippen molar-refractivity contribution in [2.45, 2.75) is 31.0 Å². The zero-order chi connectivity index (χ0) is 13.9. The van der Waals surface area contributed by atoms with Crippen molar-refractivity contribution in [1.82, 2.24) is 0 Å². The van der Waals surface area contributed by atoms with E-state index in [1.165, 1.54) is 30.0 Å². The minimum absolute atomic E-state index is 0.239. The summed E-state index contributed by atoms with van der Waals surface area (Å²) in [5, 5.41) is 0.444. The summed E-state index contributed by atoms with van der Waals surface area (Å²) in [6.07, 6.45) is 4.77.